The highest BCUT2D eigenvalue weighted by Gasteiger charge is 2.65. The van der Waals surface area contributed by atoms with E-state index < -0.39 is 54.0 Å². The van der Waals surface area contributed by atoms with Gasteiger partial charge in [0.25, 0.3) is 0 Å². The van der Waals surface area contributed by atoms with Crippen LogP contribution < -0.4 is 11.1 Å². The fraction of sp³-hybridized carbons (Fsp3) is 0.591. The molecule has 0 spiro atoms. The molecule has 1 aromatic rings. The van der Waals surface area contributed by atoms with Crippen LogP contribution in [0.4, 0.5) is 0 Å². The number of ether oxygens (including phenoxy) is 1. The van der Waals surface area contributed by atoms with Gasteiger partial charge in [0.1, 0.15) is 6.10 Å². The number of rotatable bonds is 7. The number of fused-ring (bicyclic) bond motifs is 2. The van der Waals surface area contributed by atoms with E-state index in [1.165, 1.54) is 0 Å². The maximum absolute atomic E-state index is 13.2. The van der Waals surface area contributed by atoms with Gasteiger partial charge in [-0.25, -0.2) is 4.79 Å². The van der Waals surface area contributed by atoms with E-state index in [1.54, 1.807) is 30.3 Å². The van der Waals surface area contributed by atoms with Crippen LogP contribution in [0, 0.1) is 16.7 Å². The van der Waals surface area contributed by atoms with Crippen molar-refractivity contribution in [3.05, 3.63) is 35.9 Å². The van der Waals surface area contributed by atoms with Crippen molar-refractivity contribution in [3.63, 3.8) is 0 Å². The van der Waals surface area contributed by atoms with Crippen LogP contribution in [-0.4, -0.2) is 46.3 Å². The quantitative estimate of drug-likeness (QED) is 0.491. The van der Waals surface area contributed by atoms with Gasteiger partial charge in [-0.1, -0.05) is 51.1 Å². The lowest BCUT2D eigenvalue weighted by Crippen LogP contribution is -2.50. The van der Waals surface area contributed by atoms with Crippen LogP contribution in [0.15, 0.2) is 30.3 Å². The summed E-state index contributed by atoms with van der Waals surface area (Å²) in [5.74, 6) is -2.53. The number of carbonyl (C=O) groups is 3. The normalized spacial score (nSPS) is 31.0. The Kier molecular flexibility index (Phi) is 5.93. The summed E-state index contributed by atoms with van der Waals surface area (Å²) in [6, 6.07) is 6.23. The lowest BCUT2D eigenvalue weighted by atomic mass is 9.69. The highest BCUT2D eigenvalue weighted by molar-refractivity contribution is 5.90. The van der Waals surface area contributed by atoms with E-state index in [0.29, 0.717) is 12.0 Å². The molecule has 2 aliphatic rings. The highest BCUT2D eigenvalue weighted by Crippen LogP contribution is 2.63. The monoisotopic (exact) mass is 418 g/mol. The molecule has 0 heterocycles. The van der Waals surface area contributed by atoms with Gasteiger partial charge in [-0.3, -0.25) is 9.59 Å². The molecule has 1 aromatic carbocycles. The van der Waals surface area contributed by atoms with E-state index >= 15 is 0 Å². The zero-order valence-electron chi connectivity index (χ0n) is 17.5. The van der Waals surface area contributed by atoms with Crippen molar-refractivity contribution in [1.29, 1.82) is 0 Å². The van der Waals surface area contributed by atoms with E-state index in [1.807, 2.05) is 20.8 Å². The maximum atomic E-state index is 13.2. The van der Waals surface area contributed by atoms with Gasteiger partial charge < -0.3 is 26.0 Å². The fourth-order valence-corrected chi connectivity index (χ4v) is 5.34. The van der Waals surface area contributed by atoms with Crippen molar-refractivity contribution in [2.45, 2.75) is 64.3 Å². The molecule has 2 aliphatic carbocycles. The lowest BCUT2D eigenvalue weighted by Gasteiger charge is -2.44. The predicted molar refractivity (Wildman–Crippen MR) is 108 cm³/mol. The third-order valence-corrected chi connectivity index (χ3v) is 6.71. The number of aliphatic hydroxyl groups is 1. The average molecular weight is 418 g/mol. The highest BCUT2D eigenvalue weighted by atomic mass is 16.5. The van der Waals surface area contributed by atoms with Gasteiger partial charge in [0, 0.05) is 10.8 Å². The molecule has 3 rings (SSSR count). The van der Waals surface area contributed by atoms with Crippen LogP contribution in [0.5, 0.6) is 0 Å². The molecule has 2 saturated carbocycles. The molecule has 30 heavy (non-hydrogen) atoms. The summed E-state index contributed by atoms with van der Waals surface area (Å²) in [6.07, 6.45) is -0.0498. The van der Waals surface area contributed by atoms with Crippen molar-refractivity contribution in [2.75, 3.05) is 0 Å². The molecule has 0 aromatic heterocycles. The number of esters is 1. The van der Waals surface area contributed by atoms with Crippen molar-refractivity contribution in [1.82, 2.24) is 5.32 Å². The SMILES string of the molecule is CC12CC(O)C(C1)C(C)(C)C2OC(=O)[C@H](NC(=O)[C@@H](N)CC(=O)O)c1ccccc1. The summed E-state index contributed by atoms with van der Waals surface area (Å²) >= 11 is 0. The van der Waals surface area contributed by atoms with Gasteiger partial charge in [0.05, 0.1) is 18.6 Å². The largest absolute Gasteiger partial charge is 0.481 e. The van der Waals surface area contributed by atoms with Crippen LogP contribution in [0.3, 0.4) is 0 Å². The standard InChI is InChI=1S/C22H30N2O6/c1-21(2)13-10-22(3,11-15(13)25)20(21)30-19(29)17(12-7-5-4-6-8-12)24-18(28)14(23)9-16(26)27/h4-8,13-15,17,20,25H,9-11,23H2,1-3H3,(H,24,28)(H,26,27)/t13?,14-,15?,17+,20?,22?/m0/s1. The maximum Gasteiger partial charge on any atom is 0.333 e. The van der Waals surface area contributed by atoms with Crippen LogP contribution in [0.1, 0.15) is 51.6 Å². The fourth-order valence-electron chi connectivity index (χ4n) is 5.34. The first-order valence-corrected chi connectivity index (χ1v) is 10.2. The third kappa shape index (κ3) is 4.06. The number of benzene rings is 1. The summed E-state index contributed by atoms with van der Waals surface area (Å²) in [7, 11) is 0. The van der Waals surface area contributed by atoms with Gasteiger partial charge in [0.2, 0.25) is 5.91 Å². The molecule has 2 bridgehead atoms. The van der Waals surface area contributed by atoms with E-state index in [0.717, 1.165) is 6.42 Å². The molecule has 4 unspecified atom stereocenters. The van der Waals surface area contributed by atoms with Gasteiger partial charge in [-0.15, -0.1) is 0 Å². The summed E-state index contributed by atoms with van der Waals surface area (Å²) < 4.78 is 5.97. The van der Waals surface area contributed by atoms with Crippen LogP contribution in [-0.2, 0) is 19.1 Å². The number of aliphatic hydroxyl groups excluding tert-OH is 1. The third-order valence-electron chi connectivity index (χ3n) is 6.71. The van der Waals surface area contributed by atoms with Gasteiger partial charge in [-0.2, -0.15) is 0 Å². The molecular weight excluding hydrogens is 388 g/mol. The van der Waals surface area contributed by atoms with Crippen molar-refractivity contribution in [2.24, 2.45) is 22.5 Å². The van der Waals surface area contributed by atoms with Gasteiger partial charge in [0.15, 0.2) is 6.04 Å². The summed E-state index contributed by atoms with van der Waals surface area (Å²) in [5.41, 5.74) is 5.43. The minimum Gasteiger partial charge on any atom is -0.481 e. The number of hydrogen-bond acceptors (Lipinski definition) is 6. The van der Waals surface area contributed by atoms with Crippen LogP contribution in [0.2, 0.25) is 0 Å². The van der Waals surface area contributed by atoms with E-state index in [2.05, 4.69) is 5.32 Å². The second kappa shape index (κ2) is 8.00. The number of aliphatic carboxylic acids is 1. The number of carboxylic acid groups (broad SMARTS) is 1. The van der Waals surface area contributed by atoms with Crippen molar-refractivity contribution in [3.8, 4) is 0 Å². The molecule has 0 aliphatic heterocycles. The van der Waals surface area contributed by atoms with Crippen LogP contribution in [0.25, 0.3) is 0 Å². The Morgan fingerprint density at radius 1 is 1.20 bits per heavy atom. The lowest BCUT2D eigenvalue weighted by molar-refractivity contribution is -0.172. The smallest absolute Gasteiger partial charge is 0.333 e. The number of hydrogen-bond donors (Lipinski definition) is 4. The molecule has 1 amide bonds. The Balaban J connectivity index is 1.81. The summed E-state index contributed by atoms with van der Waals surface area (Å²) in [5, 5.41) is 21.8. The van der Waals surface area contributed by atoms with E-state index in [9.17, 15) is 19.5 Å². The Labute approximate surface area is 175 Å². The van der Waals surface area contributed by atoms with E-state index in [4.69, 9.17) is 15.6 Å². The summed E-state index contributed by atoms with van der Waals surface area (Å²) in [6.45, 7) is 5.99. The van der Waals surface area contributed by atoms with Gasteiger partial charge >= 0.3 is 11.9 Å². The van der Waals surface area contributed by atoms with Crippen LogP contribution >= 0.6 is 0 Å². The molecular formula is C22H30N2O6. The summed E-state index contributed by atoms with van der Waals surface area (Å²) in [4.78, 5) is 36.5. The first-order valence-electron chi connectivity index (χ1n) is 10.2. The number of carbonyl (C=O) groups excluding carboxylic acids is 2. The molecule has 8 nitrogen and oxygen atoms in total. The molecule has 2 fully saturated rings. The van der Waals surface area contributed by atoms with Crippen molar-refractivity contribution >= 4 is 17.8 Å². The topological polar surface area (TPSA) is 139 Å². The number of nitrogens with two attached hydrogens (primary N) is 1. The minimum absolute atomic E-state index is 0.0362. The molecule has 6 atom stereocenters. The Bertz CT molecular complexity index is 821. The zero-order chi connectivity index (χ0) is 22.3. The number of nitrogens with one attached hydrogen (secondary N) is 1. The second-order valence-electron chi connectivity index (χ2n) is 9.43. The molecule has 8 heteroatoms. The molecule has 0 saturated heterocycles. The molecule has 5 N–H and O–H groups in total. The second-order valence-corrected chi connectivity index (χ2v) is 9.43. The zero-order valence-corrected chi connectivity index (χ0v) is 17.5. The predicted octanol–water partition coefficient (Wildman–Crippen LogP) is 1.37. The number of amides is 1. The Morgan fingerprint density at radius 2 is 1.83 bits per heavy atom. The minimum atomic E-state index is -1.28. The number of carboxylic acids is 1. The first-order chi connectivity index (χ1) is 14.0. The Hall–Kier alpha value is -2.45. The molecule has 164 valence electrons. The van der Waals surface area contributed by atoms with Gasteiger partial charge in [-0.05, 0) is 24.3 Å². The molecule has 0 radical (unpaired) electrons. The van der Waals surface area contributed by atoms with Crippen molar-refractivity contribution < 1.29 is 29.3 Å². The van der Waals surface area contributed by atoms with E-state index in [-0.39, 0.29) is 11.3 Å². The Morgan fingerprint density at radius 3 is 2.37 bits per heavy atom. The first kappa shape index (κ1) is 22.2. The average Bonchev–Trinajstić information content (AvgIpc) is 3.08.